The fraction of sp³-hybridized carbons (Fsp3) is 0.321. The van der Waals surface area contributed by atoms with Gasteiger partial charge in [0.05, 0.1) is 0 Å². The van der Waals surface area contributed by atoms with Crippen molar-refractivity contribution in [3.8, 4) is 0 Å². The Hall–Kier alpha value is -2.87. The van der Waals surface area contributed by atoms with E-state index in [1.165, 1.54) is 11.1 Å². The number of carbonyl (C=O) groups is 1. The van der Waals surface area contributed by atoms with Crippen molar-refractivity contribution in [2.45, 2.75) is 57.9 Å². The van der Waals surface area contributed by atoms with Crippen LogP contribution in [-0.2, 0) is 16.4 Å². The van der Waals surface area contributed by atoms with Crippen molar-refractivity contribution >= 4 is 5.91 Å². The number of nitrogens with one attached hydrogen (secondary N) is 1. The predicted molar refractivity (Wildman–Crippen MR) is 124 cm³/mol. The van der Waals surface area contributed by atoms with E-state index < -0.39 is 5.54 Å². The summed E-state index contributed by atoms with van der Waals surface area (Å²) in [5.74, 6) is -0.0228. The van der Waals surface area contributed by atoms with Crippen molar-refractivity contribution in [2.24, 2.45) is 0 Å². The van der Waals surface area contributed by atoms with Crippen LogP contribution in [0, 0.1) is 0 Å². The summed E-state index contributed by atoms with van der Waals surface area (Å²) >= 11 is 0. The molecule has 0 bridgehead atoms. The first-order valence-electron chi connectivity index (χ1n) is 10.7. The zero-order valence-corrected chi connectivity index (χ0v) is 18.8. The smallest absolute Gasteiger partial charge is 0.252 e. The molecule has 2 heteroatoms. The Kier molecular flexibility index (Phi) is 4.65. The molecule has 0 unspecified atom stereocenters. The van der Waals surface area contributed by atoms with Gasteiger partial charge in [-0.3, -0.25) is 4.79 Å². The molecule has 1 N–H and O–H groups in total. The van der Waals surface area contributed by atoms with Gasteiger partial charge < -0.3 is 5.32 Å². The van der Waals surface area contributed by atoms with Gasteiger partial charge in [-0.1, -0.05) is 108 Å². The number of carbonyl (C=O) groups excluding carboxylic acids is 1. The van der Waals surface area contributed by atoms with E-state index in [1.807, 2.05) is 18.2 Å². The standard InChI is InChI=1S/C28H31NO/c1-26(2,3)19-11-15-21(16-12-19)28(22-17-13-20(14-18-22)27(4,5)6)24-10-8-7-9-23(24)25(30)29-28/h7-18H,1-6H3,(H,29,30). The van der Waals surface area contributed by atoms with Crippen LogP contribution in [0.4, 0.5) is 0 Å². The molecule has 0 aromatic heterocycles. The van der Waals surface area contributed by atoms with E-state index in [-0.39, 0.29) is 16.7 Å². The normalized spacial score (nSPS) is 15.6. The van der Waals surface area contributed by atoms with Crippen LogP contribution in [0.15, 0.2) is 72.8 Å². The fourth-order valence-corrected chi connectivity index (χ4v) is 4.38. The SMILES string of the molecule is CC(C)(C)c1ccc(C2(c3ccc(C(C)(C)C)cc3)NC(=O)c3ccccc32)cc1. The van der Waals surface area contributed by atoms with Gasteiger partial charge in [0.2, 0.25) is 0 Å². The lowest BCUT2D eigenvalue weighted by atomic mass is 9.75. The molecule has 0 aliphatic carbocycles. The molecule has 30 heavy (non-hydrogen) atoms. The summed E-state index contributed by atoms with van der Waals surface area (Å²) in [6.45, 7) is 13.3. The minimum absolute atomic E-state index is 0.0228. The Morgan fingerprint density at radius 3 is 1.50 bits per heavy atom. The molecule has 2 nitrogen and oxygen atoms in total. The molecular formula is C28H31NO. The number of benzene rings is 3. The van der Waals surface area contributed by atoms with E-state index in [9.17, 15) is 4.79 Å². The second kappa shape index (κ2) is 6.84. The molecule has 4 rings (SSSR count). The monoisotopic (exact) mass is 397 g/mol. The molecule has 1 aliphatic heterocycles. The molecule has 3 aromatic carbocycles. The molecule has 0 saturated heterocycles. The molecule has 3 aromatic rings. The van der Waals surface area contributed by atoms with Crippen molar-refractivity contribution in [3.05, 3.63) is 106 Å². The molecule has 0 spiro atoms. The third kappa shape index (κ3) is 3.25. The summed E-state index contributed by atoms with van der Waals surface area (Å²) < 4.78 is 0. The number of hydrogen-bond acceptors (Lipinski definition) is 1. The zero-order chi connectivity index (χ0) is 21.7. The minimum atomic E-state index is -0.680. The van der Waals surface area contributed by atoms with Gasteiger partial charge in [0.1, 0.15) is 5.54 Å². The highest BCUT2D eigenvalue weighted by molar-refractivity contribution is 6.01. The van der Waals surface area contributed by atoms with Crippen molar-refractivity contribution in [2.75, 3.05) is 0 Å². The molecule has 0 radical (unpaired) electrons. The van der Waals surface area contributed by atoms with E-state index in [0.29, 0.717) is 0 Å². The van der Waals surface area contributed by atoms with Crippen LogP contribution in [0.3, 0.4) is 0 Å². The van der Waals surface area contributed by atoms with E-state index >= 15 is 0 Å². The van der Waals surface area contributed by atoms with E-state index in [4.69, 9.17) is 0 Å². The zero-order valence-electron chi connectivity index (χ0n) is 18.8. The van der Waals surface area contributed by atoms with Gasteiger partial charge in [-0.2, -0.15) is 0 Å². The Labute approximate surface area is 180 Å². The number of fused-ring (bicyclic) bond motifs is 1. The van der Waals surface area contributed by atoms with Crippen LogP contribution in [0.25, 0.3) is 0 Å². The summed E-state index contributed by atoms with van der Waals surface area (Å²) in [6, 6.07) is 25.4. The summed E-state index contributed by atoms with van der Waals surface area (Å²) in [6.07, 6.45) is 0. The van der Waals surface area contributed by atoms with Crippen LogP contribution in [0.5, 0.6) is 0 Å². The van der Waals surface area contributed by atoms with Gasteiger partial charge in [0.15, 0.2) is 0 Å². The second-order valence-corrected chi connectivity index (χ2v) is 10.4. The summed E-state index contributed by atoms with van der Waals surface area (Å²) in [7, 11) is 0. The van der Waals surface area contributed by atoms with Crippen molar-refractivity contribution < 1.29 is 4.79 Å². The Morgan fingerprint density at radius 1 is 0.633 bits per heavy atom. The average molecular weight is 398 g/mol. The van der Waals surface area contributed by atoms with Crippen LogP contribution in [-0.4, -0.2) is 5.91 Å². The van der Waals surface area contributed by atoms with Gasteiger partial charge in [-0.05, 0) is 44.7 Å². The molecular weight excluding hydrogens is 366 g/mol. The number of hydrogen-bond donors (Lipinski definition) is 1. The first-order chi connectivity index (χ1) is 14.0. The van der Waals surface area contributed by atoms with E-state index in [1.54, 1.807) is 0 Å². The lowest BCUT2D eigenvalue weighted by Crippen LogP contribution is -2.41. The highest BCUT2D eigenvalue weighted by Crippen LogP contribution is 2.43. The molecule has 0 saturated carbocycles. The number of rotatable bonds is 2. The van der Waals surface area contributed by atoms with Gasteiger partial charge in [0.25, 0.3) is 5.91 Å². The third-order valence-corrected chi connectivity index (χ3v) is 6.24. The lowest BCUT2D eigenvalue weighted by Gasteiger charge is -2.33. The molecule has 1 heterocycles. The van der Waals surface area contributed by atoms with Gasteiger partial charge in [-0.25, -0.2) is 0 Å². The van der Waals surface area contributed by atoms with Crippen LogP contribution in [0.2, 0.25) is 0 Å². The Bertz CT molecular complexity index is 1020. The molecule has 1 aliphatic rings. The Balaban J connectivity index is 1.93. The first-order valence-corrected chi connectivity index (χ1v) is 10.7. The maximum atomic E-state index is 13.0. The summed E-state index contributed by atoms with van der Waals surface area (Å²) in [4.78, 5) is 13.0. The van der Waals surface area contributed by atoms with Crippen LogP contribution < -0.4 is 5.32 Å². The van der Waals surface area contributed by atoms with Crippen LogP contribution >= 0.6 is 0 Å². The molecule has 0 atom stereocenters. The summed E-state index contributed by atoms with van der Waals surface area (Å²) in [5.41, 5.74) is 5.96. The average Bonchev–Trinajstić information content (AvgIpc) is 3.01. The highest BCUT2D eigenvalue weighted by Gasteiger charge is 2.45. The van der Waals surface area contributed by atoms with Gasteiger partial charge in [-0.15, -0.1) is 0 Å². The molecule has 1 amide bonds. The predicted octanol–water partition coefficient (Wildman–Crippen LogP) is 6.32. The van der Waals surface area contributed by atoms with Crippen molar-refractivity contribution in [1.82, 2.24) is 5.32 Å². The highest BCUT2D eigenvalue weighted by atomic mass is 16.2. The fourth-order valence-electron chi connectivity index (χ4n) is 4.38. The maximum absolute atomic E-state index is 13.0. The number of amides is 1. The third-order valence-electron chi connectivity index (χ3n) is 6.24. The molecule has 154 valence electrons. The largest absolute Gasteiger partial charge is 0.334 e. The van der Waals surface area contributed by atoms with Crippen LogP contribution in [0.1, 0.15) is 79.7 Å². The van der Waals surface area contributed by atoms with Gasteiger partial charge in [0, 0.05) is 5.56 Å². The Morgan fingerprint density at radius 2 is 1.07 bits per heavy atom. The van der Waals surface area contributed by atoms with Crippen molar-refractivity contribution in [3.63, 3.8) is 0 Å². The maximum Gasteiger partial charge on any atom is 0.252 e. The second-order valence-electron chi connectivity index (χ2n) is 10.4. The molecule has 0 fully saturated rings. The lowest BCUT2D eigenvalue weighted by molar-refractivity contribution is 0.0948. The summed E-state index contributed by atoms with van der Waals surface area (Å²) in [5, 5.41) is 3.34. The topological polar surface area (TPSA) is 29.1 Å². The van der Waals surface area contributed by atoms with E-state index in [2.05, 4.69) is 101 Å². The quantitative estimate of drug-likeness (QED) is 0.539. The first kappa shape index (κ1) is 20.4. The van der Waals surface area contributed by atoms with Crippen molar-refractivity contribution in [1.29, 1.82) is 0 Å². The minimum Gasteiger partial charge on any atom is -0.334 e. The van der Waals surface area contributed by atoms with Gasteiger partial charge >= 0.3 is 0 Å². The van der Waals surface area contributed by atoms with E-state index in [0.717, 1.165) is 22.3 Å².